The second-order valence-corrected chi connectivity index (χ2v) is 8.91. The van der Waals surface area contributed by atoms with Crippen LogP contribution in [0.5, 0.6) is 0 Å². The van der Waals surface area contributed by atoms with Crippen molar-refractivity contribution >= 4 is 23.2 Å². The maximum atomic E-state index is 12.8. The van der Waals surface area contributed by atoms with Crippen LogP contribution in [0.1, 0.15) is 48.2 Å². The highest BCUT2D eigenvalue weighted by Gasteiger charge is 2.30. The number of aliphatic imine (C=N–C) groups is 1. The summed E-state index contributed by atoms with van der Waals surface area (Å²) in [7, 11) is 1.85. The van der Waals surface area contributed by atoms with Crippen LogP contribution in [0.4, 0.5) is 24.5 Å². The van der Waals surface area contributed by atoms with Gasteiger partial charge in [0.05, 0.1) is 11.6 Å². The molecular formula is C27H35F3N6O. The van der Waals surface area contributed by atoms with Crippen LogP contribution in [0, 0.1) is 6.92 Å². The second-order valence-electron chi connectivity index (χ2n) is 8.91. The molecular weight excluding hydrogens is 481 g/mol. The molecule has 0 fully saturated rings. The summed E-state index contributed by atoms with van der Waals surface area (Å²) >= 11 is 0. The number of halogens is 3. The molecule has 1 aliphatic rings. The highest BCUT2D eigenvalue weighted by Crippen LogP contribution is 2.30. The van der Waals surface area contributed by atoms with E-state index in [2.05, 4.69) is 33.5 Å². The first-order valence-electron chi connectivity index (χ1n) is 12.4. The predicted octanol–water partition coefficient (Wildman–Crippen LogP) is 4.89. The lowest BCUT2D eigenvalue weighted by Gasteiger charge is -2.26. The first-order chi connectivity index (χ1) is 17.6. The summed E-state index contributed by atoms with van der Waals surface area (Å²) in [6.45, 7) is 7.08. The highest BCUT2D eigenvalue weighted by molar-refractivity contribution is 5.95. The van der Waals surface area contributed by atoms with Crippen molar-refractivity contribution in [2.45, 2.75) is 51.9 Å². The molecule has 1 heterocycles. The van der Waals surface area contributed by atoms with E-state index < -0.39 is 11.7 Å². The number of nitrogens with one attached hydrogen (secondary N) is 5. The number of anilines is 2. The molecule has 2 aromatic rings. The number of amides is 1. The molecule has 2 aromatic carbocycles. The van der Waals surface area contributed by atoms with E-state index >= 15 is 0 Å². The minimum absolute atomic E-state index is 0.0520. The van der Waals surface area contributed by atoms with Gasteiger partial charge in [0.1, 0.15) is 0 Å². The molecule has 0 radical (unpaired) electrons. The van der Waals surface area contributed by atoms with Crippen LogP contribution in [-0.2, 0) is 6.18 Å². The van der Waals surface area contributed by atoms with Crippen LogP contribution in [0.15, 0.2) is 59.2 Å². The smallest absolute Gasteiger partial charge is 0.388 e. The predicted molar refractivity (Wildman–Crippen MR) is 143 cm³/mol. The van der Waals surface area contributed by atoms with Crippen molar-refractivity contribution in [3.8, 4) is 0 Å². The first kappa shape index (κ1) is 28.0. The average molecular weight is 517 g/mol. The molecule has 5 N–H and O–H groups in total. The van der Waals surface area contributed by atoms with Gasteiger partial charge in [0.25, 0.3) is 5.91 Å². The molecule has 0 saturated heterocycles. The number of rotatable bonds is 10. The van der Waals surface area contributed by atoms with E-state index in [4.69, 9.17) is 4.99 Å². The molecule has 37 heavy (non-hydrogen) atoms. The Morgan fingerprint density at radius 1 is 1.14 bits per heavy atom. The Labute approximate surface area is 216 Å². The normalized spacial score (nSPS) is 16.2. The number of guanidine groups is 1. The van der Waals surface area contributed by atoms with Crippen LogP contribution < -0.4 is 26.6 Å². The number of nitrogens with zero attached hydrogens (tertiary/aromatic N) is 1. The van der Waals surface area contributed by atoms with Gasteiger partial charge >= 0.3 is 6.18 Å². The van der Waals surface area contributed by atoms with Gasteiger partial charge in [0, 0.05) is 49.3 Å². The highest BCUT2D eigenvalue weighted by atomic mass is 19.4. The zero-order valence-corrected chi connectivity index (χ0v) is 21.6. The zero-order chi connectivity index (χ0) is 27.0. The Balaban J connectivity index is 1.57. The van der Waals surface area contributed by atoms with Crippen molar-refractivity contribution in [2.75, 3.05) is 30.8 Å². The fourth-order valence-electron chi connectivity index (χ4n) is 4.04. The Bertz CT molecular complexity index is 1130. The number of hydrogen-bond donors (Lipinski definition) is 5. The number of benzene rings is 2. The average Bonchev–Trinajstić information content (AvgIpc) is 2.88. The lowest BCUT2D eigenvalue weighted by molar-refractivity contribution is -0.137. The summed E-state index contributed by atoms with van der Waals surface area (Å²) in [5.41, 5.74) is 3.51. The van der Waals surface area contributed by atoms with E-state index in [9.17, 15) is 18.0 Å². The maximum Gasteiger partial charge on any atom is 0.416 e. The quantitative estimate of drug-likeness (QED) is 0.310. The van der Waals surface area contributed by atoms with Crippen molar-refractivity contribution in [2.24, 2.45) is 4.99 Å². The van der Waals surface area contributed by atoms with Gasteiger partial charge < -0.3 is 26.6 Å². The molecule has 2 atom stereocenters. The van der Waals surface area contributed by atoms with E-state index in [-0.39, 0.29) is 18.0 Å². The molecule has 1 amide bonds. The molecule has 3 rings (SSSR count). The Hall–Kier alpha value is -3.53. The maximum absolute atomic E-state index is 12.8. The number of aryl methyl sites for hydroxylation is 1. The third kappa shape index (κ3) is 7.72. The molecule has 7 nitrogen and oxygen atoms in total. The van der Waals surface area contributed by atoms with Crippen molar-refractivity contribution in [1.82, 2.24) is 16.0 Å². The Morgan fingerprint density at radius 2 is 1.86 bits per heavy atom. The zero-order valence-electron chi connectivity index (χ0n) is 21.6. The molecule has 2 unspecified atom stereocenters. The number of carbonyl (C=O) groups excluding carboxylic acids is 1. The second kappa shape index (κ2) is 12.6. The molecule has 0 aliphatic carbocycles. The van der Waals surface area contributed by atoms with Crippen molar-refractivity contribution in [3.63, 3.8) is 0 Å². The van der Waals surface area contributed by atoms with Gasteiger partial charge in [-0.15, -0.1) is 0 Å². The SMILES string of the molecule is CCC1=CNC(Nc2ccc(C(F)(F)F)cc2)=NC1CNC(CC)CNC(=O)c1ccc(NC)c(C)c1. The Morgan fingerprint density at radius 3 is 2.46 bits per heavy atom. The van der Waals surface area contributed by atoms with Crippen molar-refractivity contribution < 1.29 is 18.0 Å². The Kier molecular flexibility index (Phi) is 9.57. The summed E-state index contributed by atoms with van der Waals surface area (Å²) in [4.78, 5) is 17.4. The summed E-state index contributed by atoms with van der Waals surface area (Å²) in [6.07, 6.45) is -0.883. The fourth-order valence-corrected chi connectivity index (χ4v) is 4.04. The van der Waals surface area contributed by atoms with Gasteiger partial charge in [-0.1, -0.05) is 13.8 Å². The van der Waals surface area contributed by atoms with Gasteiger partial charge in [-0.05, 0) is 73.4 Å². The van der Waals surface area contributed by atoms with Gasteiger partial charge in [-0.2, -0.15) is 13.2 Å². The molecule has 0 saturated carbocycles. The lowest BCUT2D eigenvalue weighted by atomic mass is 10.0. The van der Waals surface area contributed by atoms with Gasteiger partial charge in [0.2, 0.25) is 5.96 Å². The molecule has 1 aliphatic heterocycles. The summed E-state index contributed by atoms with van der Waals surface area (Å²) < 4.78 is 38.5. The lowest BCUT2D eigenvalue weighted by Crippen LogP contribution is -2.45. The van der Waals surface area contributed by atoms with Crippen molar-refractivity contribution in [3.05, 3.63) is 70.9 Å². The van der Waals surface area contributed by atoms with Crippen LogP contribution in [0.3, 0.4) is 0 Å². The van der Waals surface area contributed by atoms with E-state index in [1.807, 2.05) is 39.2 Å². The summed E-state index contributed by atoms with van der Waals surface area (Å²) in [5, 5.41) is 15.7. The minimum atomic E-state index is -4.37. The number of carbonyl (C=O) groups is 1. The molecule has 200 valence electrons. The van der Waals surface area contributed by atoms with Crippen molar-refractivity contribution in [1.29, 1.82) is 0 Å². The van der Waals surface area contributed by atoms with E-state index in [0.717, 1.165) is 41.8 Å². The molecule has 10 heteroatoms. The first-order valence-corrected chi connectivity index (χ1v) is 12.4. The topological polar surface area (TPSA) is 89.6 Å². The van der Waals surface area contributed by atoms with Crippen LogP contribution in [0.25, 0.3) is 0 Å². The van der Waals surface area contributed by atoms with Crippen LogP contribution in [-0.4, -0.2) is 44.1 Å². The number of alkyl halides is 3. The number of hydrogen-bond acceptors (Lipinski definition) is 6. The standard InChI is InChI=1S/C27H35F3N6O/c1-5-18-14-34-26(35-22-10-8-20(9-11-22)27(28,29)30)36-24(18)16-32-21(6-2)15-33-25(37)19-7-12-23(31-4)17(3)13-19/h7-14,21,24,31-32H,5-6,15-16H2,1-4H3,(H,33,37)(H2,34,35,36). The largest absolute Gasteiger partial charge is 0.416 e. The monoisotopic (exact) mass is 516 g/mol. The van der Waals surface area contributed by atoms with Crippen LogP contribution in [0.2, 0.25) is 0 Å². The van der Waals surface area contributed by atoms with Gasteiger partial charge in [0.15, 0.2) is 0 Å². The van der Waals surface area contributed by atoms with E-state index in [1.165, 1.54) is 12.1 Å². The molecule has 0 aromatic heterocycles. The van der Waals surface area contributed by atoms with Gasteiger partial charge in [-0.3, -0.25) is 4.79 Å². The summed E-state index contributed by atoms with van der Waals surface area (Å²) in [5.74, 6) is 0.341. The third-order valence-electron chi connectivity index (χ3n) is 6.35. The molecule has 0 spiro atoms. The van der Waals surface area contributed by atoms with Crippen LogP contribution >= 0.6 is 0 Å². The fraction of sp³-hybridized carbons (Fsp3) is 0.407. The summed E-state index contributed by atoms with van der Waals surface area (Å²) in [6, 6.07) is 10.3. The van der Waals surface area contributed by atoms with E-state index in [1.54, 1.807) is 6.07 Å². The minimum Gasteiger partial charge on any atom is -0.388 e. The van der Waals surface area contributed by atoms with Gasteiger partial charge in [-0.25, -0.2) is 4.99 Å². The molecule has 0 bridgehead atoms. The van der Waals surface area contributed by atoms with E-state index in [0.29, 0.717) is 30.3 Å². The third-order valence-corrected chi connectivity index (χ3v) is 6.35.